The molecular weight excluding hydrogens is 896 g/mol. The van der Waals surface area contributed by atoms with Crippen LogP contribution in [-0.2, 0) is 35.3 Å². The SMILES string of the molecule is C=C[C@@H]1C[C@]1(NC(=O)[C@@H]1C[C@@H](Oc2nc(-c3ccc(C(F)(F)F)cc3)nc3c2sc2ccccc23)CN1C(=O)[C@@H](Nc1nc(C(=O)OCC)cs1)C(C)(C)C)C(=O)NS(=O)(=O)C1CC1. The number of fused-ring (bicyclic) bond motifs is 3. The summed E-state index contributed by atoms with van der Waals surface area (Å²) in [4.78, 5) is 70.8. The van der Waals surface area contributed by atoms with E-state index in [-0.39, 0.29) is 54.1 Å². The molecule has 3 amide bonds. The molecule has 0 unspecified atom stereocenters. The Labute approximate surface area is 373 Å². The summed E-state index contributed by atoms with van der Waals surface area (Å²) in [6.45, 7) is 10.8. The fraction of sp³-hybridized carbons (Fsp3) is 0.419. The lowest BCUT2D eigenvalue weighted by atomic mass is 9.85. The molecule has 64 heavy (non-hydrogen) atoms. The number of amides is 3. The highest BCUT2D eigenvalue weighted by molar-refractivity contribution is 7.91. The van der Waals surface area contributed by atoms with E-state index >= 15 is 0 Å². The minimum absolute atomic E-state index is 0.0443. The number of rotatable bonds is 14. The van der Waals surface area contributed by atoms with Crippen LogP contribution in [-0.4, -0.2) is 94.1 Å². The van der Waals surface area contributed by atoms with Gasteiger partial charge in [-0.1, -0.05) is 57.2 Å². The van der Waals surface area contributed by atoms with Gasteiger partial charge in [-0.3, -0.25) is 19.1 Å². The number of hydrogen-bond acceptors (Lipinski definition) is 14. The van der Waals surface area contributed by atoms with Crippen LogP contribution in [0.5, 0.6) is 5.88 Å². The molecule has 5 atom stereocenters. The molecule has 1 saturated heterocycles. The number of thiophene rings is 1. The number of alkyl halides is 3. The number of benzene rings is 2. The first-order chi connectivity index (χ1) is 30.2. The summed E-state index contributed by atoms with van der Waals surface area (Å²) < 4.78 is 81.4. The third-order valence-electron chi connectivity index (χ3n) is 11.4. The van der Waals surface area contributed by atoms with Crippen LogP contribution in [0.4, 0.5) is 18.3 Å². The van der Waals surface area contributed by atoms with Crippen LogP contribution in [0.1, 0.15) is 69.4 Å². The first-order valence-electron chi connectivity index (χ1n) is 20.5. The molecule has 4 heterocycles. The summed E-state index contributed by atoms with van der Waals surface area (Å²) in [6, 6.07) is 9.53. The number of halogens is 3. The van der Waals surface area contributed by atoms with Crippen molar-refractivity contribution in [3.8, 4) is 17.3 Å². The summed E-state index contributed by atoms with van der Waals surface area (Å²) in [5.74, 6) is -3.26. The number of nitrogens with zero attached hydrogens (tertiary/aromatic N) is 4. The third kappa shape index (κ3) is 8.88. The number of ether oxygens (including phenoxy) is 2. The number of hydrogen-bond donors (Lipinski definition) is 3. The standard InChI is InChI=1S/C43H44F3N7O8S3/c1-6-23-19-42(23,39(57)52-64(58,59)26-16-17-26)51-35(54)29-18-25(20-53(29)37(55)33(41(3,4)5)49-40-47-28(21-62-40)38(56)60-7-2)61-36-32-31(27-10-8-9-11-30(27)63-32)48-34(50-36)22-12-14-24(15-13-22)43(44,45)46/h6,8-15,21,23,25-26,29,33H,1,7,16-20H2,2-5H3,(H,47,49)(H,51,54)(H,52,57)/t23-,25-,29+,33-,42-/m1/s1. The van der Waals surface area contributed by atoms with E-state index in [1.54, 1.807) is 6.92 Å². The largest absolute Gasteiger partial charge is 0.471 e. The van der Waals surface area contributed by atoms with Gasteiger partial charge < -0.3 is 25.0 Å². The lowest BCUT2D eigenvalue weighted by Crippen LogP contribution is -2.58. The van der Waals surface area contributed by atoms with Crippen LogP contribution in [0.2, 0.25) is 0 Å². The van der Waals surface area contributed by atoms with Crippen molar-refractivity contribution in [3.63, 3.8) is 0 Å². The fourth-order valence-electron chi connectivity index (χ4n) is 7.71. The monoisotopic (exact) mass is 939 g/mol. The molecule has 3 aromatic heterocycles. The van der Waals surface area contributed by atoms with Crippen molar-refractivity contribution in [2.45, 2.75) is 88.5 Å². The smallest absolute Gasteiger partial charge is 0.416 e. The lowest BCUT2D eigenvalue weighted by Gasteiger charge is -2.35. The van der Waals surface area contributed by atoms with Crippen molar-refractivity contribution in [1.82, 2.24) is 29.9 Å². The number of esters is 1. The molecule has 1 aliphatic heterocycles. The maximum atomic E-state index is 15.0. The molecule has 2 saturated carbocycles. The second-order valence-corrected chi connectivity index (χ2v) is 20.9. The molecule has 8 rings (SSSR count). The van der Waals surface area contributed by atoms with Crippen molar-refractivity contribution in [3.05, 3.63) is 77.8 Å². The summed E-state index contributed by atoms with van der Waals surface area (Å²) in [5.41, 5.74) is -2.49. The molecule has 2 aromatic carbocycles. The maximum Gasteiger partial charge on any atom is 0.416 e. The van der Waals surface area contributed by atoms with E-state index in [9.17, 15) is 40.8 Å². The minimum atomic E-state index is -4.56. The van der Waals surface area contributed by atoms with E-state index in [0.29, 0.717) is 23.1 Å². The molecule has 0 bridgehead atoms. The molecular formula is C43H44F3N7O8S3. The number of likely N-dealkylation sites (tertiary alicyclic amines) is 1. The van der Waals surface area contributed by atoms with Gasteiger partial charge in [-0.15, -0.1) is 29.3 Å². The van der Waals surface area contributed by atoms with Gasteiger partial charge >= 0.3 is 12.1 Å². The van der Waals surface area contributed by atoms with Gasteiger partial charge in [-0.25, -0.2) is 23.2 Å². The summed E-state index contributed by atoms with van der Waals surface area (Å²) in [6.07, 6.45) is -3.22. The van der Waals surface area contributed by atoms with Crippen LogP contribution >= 0.6 is 22.7 Å². The number of aromatic nitrogens is 3. The first kappa shape index (κ1) is 44.9. The molecule has 0 spiro atoms. The quantitative estimate of drug-likeness (QED) is 0.0787. The molecule has 15 nitrogen and oxygen atoms in total. The van der Waals surface area contributed by atoms with Gasteiger partial charge in [-0.05, 0) is 49.8 Å². The minimum Gasteiger partial charge on any atom is -0.471 e. The van der Waals surface area contributed by atoms with E-state index < -0.39 is 85.8 Å². The van der Waals surface area contributed by atoms with Crippen LogP contribution in [0, 0.1) is 11.3 Å². The molecule has 5 aromatic rings. The number of thiazole rings is 1. The average molecular weight is 940 g/mol. The van der Waals surface area contributed by atoms with Gasteiger partial charge in [0.2, 0.25) is 27.7 Å². The van der Waals surface area contributed by atoms with Crippen molar-refractivity contribution in [2.75, 3.05) is 18.5 Å². The van der Waals surface area contributed by atoms with Gasteiger partial charge in [0.25, 0.3) is 5.91 Å². The van der Waals surface area contributed by atoms with Gasteiger partial charge in [0.1, 0.15) is 28.4 Å². The molecule has 2 aliphatic carbocycles. The summed E-state index contributed by atoms with van der Waals surface area (Å²) in [7, 11) is -3.98. The topological polar surface area (TPSA) is 199 Å². The van der Waals surface area contributed by atoms with Gasteiger partial charge in [-0.2, -0.15) is 18.2 Å². The van der Waals surface area contributed by atoms with E-state index in [2.05, 4.69) is 26.9 Å². The lowest BCUT2D eigenvalue weighted by molar-refractivity contribution is -0.141. The number of nitrogens with one attached hydrogen (secondary N) is 3. The van der Waals surface area contributed by atoms with Crippen LogP contribution < -0.4 is 20.1 Å². The Morgan fingerprint density at radius 2 is 1.77 bits per heavy atom. The highest BCUT2D eigenvalue weighted by Crippen LogP contribution is 2.46. The fourth-order valence-corrected chi connectivity index (χ4v) is 10.9. The summed E-state index contributed by atoms with van der Waals surface area (Å²) in [5, 5.41) is 7.73. The number of sulfonamides is 1. The van der Waals surface area contributed by atoms with Crippen LogP contribution in [0.3, 0.4) is 0 Å². The normalized spacial score (nSPS) is 21.6. The highest BCUT2D eigenvalue weighted by atomic mass is 32.2. The Kier molecular flexibility index (Phi) is 11.7. The number of anilines is 1. The first-order valence-corrected chi connectivity index (χ1v) is 23.7. The van der Waals surface area contributed by atoms with Crippen molar-refractivity contribution in [1.29, 1.82) is 0 Å². The van der Waals surface area contributed by atoms with Crippen molar-refractivity contribution in [2.24, 2.45) is 11.3 Å². The molecule has 3 fully saturated rings. The van der Waals surface area contributed by atoms with Gasteiger partial charge in [0.15, 0.2) is 16.6 Å². The van der Waals surface area contributed by atoms with Crippen molar-refractivity contribution < 1.29 is 50.2 Å². The Morgan fingerprint density at radius 3 is 2.41 bits per heavy atom. The van der Waals surface area contributed by atoms with E-state index in [4.69, 9.17) is 19.4 Å². The Bertz CT molecular complexity index is 2790. The van der Waals surface area contributed by atoms with E-state index in [1.165, 1.54) is 39.8 Å². The zero-order valence-electron chi connectivity index (χ0n) is 35.0. The second-order valence-electron chi connectivity index (χ2n) is 17.1. The molecule has 3 aliphatic rings. The van der Waals surface area contributed by atoms with Crippen LogP contribution in [0.25, 0.3) is 31.7 Å². The number of carbonyl (C=O) groups excluding carboxylic acids is 4. The van der Waals surface area contributed by atoms with Crippen LogP contribution in [0.15, 0.2) is 66.6 Å². The Hall–Kier alpha value is -5.67. The van der Waals surface area contributed by atoms with Crippen molar-refractivity contribution >= 4 is 81.8 Å². The molecule has 3 N–H and O–H groups in total. The van der Waals surface area contributed by atoms with E-state index in [0.717, 1.165) is 33.6 Å². The predicted molar refractivity (Wildman–Crippen MR) is 234 cm³/mol. The van der Waals surface area contributed by atoms with E-state index in [1.807, 2.05) is 45.0 Å². The molecule has 0 radical (unpaired) electrons. The highest BCUT2D eigenvalue weighted by Gasteiger charge is 2.62. The molecule has 338 valence electrons. The zero-order chi connectivity index (χ0) is 45.9. The second kappa shape index (κ2) is 16.7. The van der Waals surface area contributed by atoms with Gasteiger partial charge in [0, 0.05) is 33.4 Å². The third-order valence-corrected chi connectivity index (χ3v) is 15.1. The Morgan fingerprint density at radius 1 is 1.05 bits per heavy atom. The number of carbonyl (C=O) groups is 4. The molecule has 21 heteroatoms. The summed E-state index contributed by atoms with van der Waals surface area (Å²) >= 11 is 2.42. The predicted octanol–water partition coefficient (Wildman–Crippen LogP) is 6.71. The zero-order valence-corrected chi connectivity index (χ0v) is 37.5. The van der Waals surface area contributed by atoms with Gasteiger partial charge in [0.05, 0.1) is 29.5 Å². The maximum absolute atomic E-state index is 15.0. The Balaban J connectivity index is 1.15. The average Bonchev–Trinajstić information content (AvgIpc) is 4.07.